The fourth-order valence-corrected chi connectivity index (χ4v) is 1.72. The van der Waals surface area contributed by atoms with Crippen LogP contribution < -0.4 is 5.32 Å². The van der Waals surface area contributed by atoms with E-state index >= 15 is 0 Å². The Balaban J connectivity index is 2.34. The van der Waals surface area contributed by atoms with Crippen LogP contribution in [-0.2, 0) is 19.1 Å². The van der Waals surface area contributed by atoms with Gasteiger partial charge in [0.1, 0.15) is 0 Å². The van der Waals surface area contributed by atoms with Gasteiger partial charge in [-0.3, -0.25) is 4.79 Å². The molecule has 0 bridgehead atoms. The summed E-state index contributed by atoms with van der Waals surface area (Å²) in [5.74, 6) is -1.53. The van der Waals surface area contributed by atoms with Crippen LogP contribution in [0.15, 0.2) is 23.3 Å². The van der Waals surface area contributed by atoms with E-state index in [9.17, 15) is 14.4 Å². The zero-order valence-electron chi connectivity index (χ0n) is 8.07. The lowest BCUT2D eigenvalue weighted by Crippen LogP contribution is -2.37. The molecule has 0 fully saturated rings. The molecule has 1 aliphatic carbocycles. The summed E-state index contributed by atoms with van der Waals surface area (Å²) < 4.78 is 4.47. The number of nitrogens with one attached hydrogen (secondary N) is 1. The van der Waals surface area contributed by atoms with Crippen molar-refractivity contribution in [1.82, 2.24) is 5.32 Å². The third-order valence-electron chi connectivity index (χ3n) is 2.30. The number of carbonyl (C=O) groups excluding carboxylic acids is 3. The van der Waals surface area contributed by atoms with E-state index < -0.39 is 18.0 Å². The van der Waals surface area contributed by atoms with Crippen LogP contribution in [0.4, 0.5) is 0 Å². The first-order valence-corrected chi connectivity index (χ1v) is 4.54. The van der Waals surface area contributed by atoms with Gasteiger partial charge >= 0.3 is 11.9 Å². The summed E-state index contributed by atoms with van der Waals surface area (Å²) in [6.45, 7) is 1.36. The number of esters is 2. The van der Waals surface area contributed by atoms with Crippen molar-refractivity contribution >= 4 is 17.8 Å². The maximum Gasteiger partial charge on any atom is 0.346 e. The SMILES string of the molecule is CC(=O)NC1CC=CC2=C1C(=O)OC2=O. The Bertz CT molecular complexity index is 419. The van der Waals surface area contributed by atoms with Gasteiger partial charge in [0.25, 0.3) is 0 Å². The molecule has 0 saturated carbocycles. The van der Waals surface area contributed by atoms with Crippen LogP contribution in [0.3, 0.4) is 0 Å². The average molecular weight is 207 g/mol. The zero-order chi connectivity index (χ0) is 11.0. The van der Waals surface area contributed by atoms with E-state index in [-0.39, 0.29) is 17.1 Å². The second kappa shape index (κ2) is 3.34. The van der Waals surface area contributed by atoms with Crippen molar-refractivity contribution in [2.24, 2.45) is 0 Å². The molecule has 2 aliphatic rings. The first kappa shape index (κ1) is 9.64. The third-order valence-corrected chi connectivity index (χ3v) is 2.30. The van der Waals surface area contributed by atoms with Gasteiger partial charge in [0.15, 0.2) is 0 Å². The molecule has 0 aromatic heterocycles. The molecule has 15 heavy (non-hydrogen) atoms. The molecule has 2 rings (SSSR count). The van der Waals surface area contributed by atoms with Crippen LogP contribution >= 0.6 is 0 Å². The van der Waals surface area contributed by atoms with Gasteiger partial charge in [-0.15, -0.1) is 0 Å². The summed E-state index contributed by atoms with van der Waals surface area (Å²) in [7, 11) is 0. The second-order valence-corrected chi connectivity index (χ2v) is 3.40. The van der Waals surface area contributed by atoms with Crippen LogP contribution in [0, 0.1) is 0 Å². The van der Waals surface area contributed by atoms with E-state index in [1.54, 1.807) is 12.2 Å². The molecule has 0 aromatic carbocycles. The Morgan fingerprint density at radius 3 is 2.87 bits per heavy atom. The minimum absolute atomic E-state index is 0.241. The first-order chi connectivity index (χ1) is 7.09. The van der Waals surface area contributed by atoms with Crippen molar-refractivity contribution in [3.8, 4) is 0 Å². The number of cyclic esters (lactones) is 2. The summed E-state index contributed by atoms with van der Waals surface area (Å²) >= 11 is 0. The van der Waals surface area contributed by atoms with Gasteiger partial charge in [0.2, 0.25) is 5.91 Å². The molecule has 1 amide bonds. The van der Waals surface area contributed by atoms with Crippen LogP contribution in [-0.4, -0.2) is 23.9 Å². The number of hydrogen-bond donors (Lipinski definition) is 1. The van der Waals surface area contributed by atoms with E-state index in [0.29, 0.717) is 6.42 Å². The van der Waals surface area contributed by atoms with Crippen molar-refractivity contribution in [3.63, 3.8) is 0 Å². The maximum absolute atomic E-state index is 11.3. The van der Waals surface area contributed by atoms with Crippen molar-refractivity contribution in [3.05, 3.63) is 23.3 Å². The van der Waals surface area contributed by atoms with Gasteiger partial charge in [-0.1, -0.05) is 12.2 Å². The van der Waals surface area contributed by atoms with Crippen LogP contribution in [0.5, 0.6) is 0 Å². The van der Waals surface area contributed by atoms with Crippen molar-refractivity contribution in [2.45, 2.75) is 19.4 Å². The molecular formula is C10H9NO4. The molecule has 0 aromatic rings. The molecule has 1 aliphatic heterocycles. The molecule has 1 atom stereocenters. The van der Waals surface area contributed by atoms with Gasteiger partial charge < -0.3 is 10.1 Å². The molecular weight excluding hydrogens is 198 g/mol. The Labute approximate surface area is 85.8 Å². The third kappa shape index (κ3) is 1.56. The number of hydrogen-bond acceptors (Lipinski definition) is 4. The lowest BCUT2D eigenvalue weighted by atomic mass is 9.94. The predicted molar refractivity (Wildman–Crippen MR) is 49.5 cm³/mol. The monoisotopic (exact) mass is 207 g/mol. The van der Waals surface area contributed by atoms with Crippen molar-refractivity contribution in [1.29, 1.82) is 0 Å². The van der Waals surface area contributed by atoms with Crippen LogP contribution in [0.25, 0.3) is 0 Å². The summed E-state index contributed by atoms with van der Waals surface area (Å²) in [5.41, 5.74) is 0.516. The Kier molecular flexibility index (Phi) is 2.15. The van der Waals surface area contributed by atoms with Gasteiger partial charge in [-0.25, -0.2) is 9.59 Å². The van der Waals surface area contributed by atoms with Gasteiger partial charge in [0.05, 0.1) is 17.2 Å². The van der Waals surface area contributed by atoms with E-state index in [0.717, 1.165) is 0 Å². The molecule has 1 heterocycles. The van der Waals surface area contributed by atoms with Gasteiger partial charge in [-0.2, -0.15) is 0 Å². The molecule has 0 saturated heterocycles. The Morgan fingerprint density at radius 1 is 1.47 bits per heavy atom. The molecule has 0 spiro atoms. The van der Waals surface area contributed by atoms with E-state index in [4.69, 9.17) is 0 Å². The number of amides is 1. The quantitative estimate of drug-likeness (QED) is 0.478. The van der Waals surface area contributed by atoms with Crippen molar-refractivity contribution < 1.29 is 19.1 Å². The van der Waals surface area contributed by atoms with E-state index in [1.165, 1.54) is 6.92 Å². The molecule has 1 unspecified atom stereocenters. The molecule has 78 valence electrons. The lowest BCUT2D eigenvalue weighted by Gasteiger charge is -2.18. The van der Waals surface area contributed by atoms with Gasteiger partial charge in [-0.05, 0) is 6.42 Å². The Morgan fingerprint density at radius 2 is 2.20 bits per heavy atom. The van der Waals surface area contributed by atoms with Crippen LogP contribution in [0.2, 0.25) is 0 Å². The summed E-state index contributed by atoms with van der Waals surface area (Å²) in [5, 5.41) is 2.60. The molecule has 5 nitrogen and oxygen atoms in total. The topological polar surface area (TPSA) is 72.5 Å². The second-order valence-electron chi connectivity index (χ2n) is 3.40. The summed E-state index contributed by atoms with van der Waals surface area (Å²) in [4.78, 5) is 33.4. The van der Waals surface area contributed by atoms with E-state index in [2.05, 4.69) is 10.1 Å². The summed E-state index contributed by atoms with van der Waals surface area (Å²) in [6, 6.07) is -0.443. The summed E-state index contributed by atoms with van der Waals surface area (Å²) in [6.07, 6.45) is 3.79. The Hall–Kier alpha value is -1.91. The zero-order valence-corrected chi connectivity index (χ0v) is 8.07. The van der Waals surface area contributed by atoms with E-state index in [1.807, 2.05) is 0 Å². The minimum Gasteiger partial charge on any atom is -0.386 e. The minimum atomic E-state index is -0.655. The molecule has 1 N–H and O–H groups in total. The largest absolute Gasteiger partial charge is 0.386 e. The van der Waals surface area contributed by atoms with Gasteiger partial charge in [0, 0.05) is 6.92 Å². The normalized spacial score (nSPS) is 23.9. The smallest absolute Gasteiger partial charge is 0.346 e. The molecule has 0 radical (unpaired) electrons. The number of carbonyl (C=O) groups is 3. The fourth-order valence-electron chi connectivity index (χ4n) is 1.72. The highest BCUT2D eigenvalue weighted by molar-refractivity contribution is 6.15. The highest BCUT2D eigenvalue weighted by Gasteiger charge is 2.38. The highest BCUT2D eigenvalue weighted by atomic mass is 16.6. The lowest BCUT2D eigenvalue weighted by molar-refractivity contribution is -0.151. The number of ether oxygens (including phenoxy) is 1. The predicted octanol–water partition coefficient (Wildman–Crippen LogP) is -0.169. The van der Waals surface area contributed by atoms with Crippen molar-refractivity contribution in [2.75, 3.05) is 0 Å². The fraction of sp³-hybridized carbons (Fsp3) is 0.300. The maximum atomic E-state index is 11.3. The molecule has 5 heteroatoms. The first-order valence-electron chi connectivity index (χ1n) is 4.54. The standard InChI is InChI=1S/C10H9NO4/c1-5(12)11-7-4-2-3-6-8(7)10(14)15-9(6)13/h2-3,7H,4H2,1H3,(H,11,12). The number of rotatable bonds is 1. The average Bonchev–Trinajstić information content (AvgIpc) is 2.43. The highest BCUT2D eigenvalue weighted by Crippen LogP contribution is 2.27. The van der Waals surface area contributed by atoms with Crippen LogP contribution in [0.1, 0.15) is 13.3 Å².